The lowest BCUT2D eigenvalue weighted by atomic mass is 10.3. The zero-order valence-electron chi connectivity index (χ0n) is 19.4. The summed E-state index contributed by atoms with van der Waals surface area (Å²) in [6.07, 6.45) is 0.183. The largest absolute Gasteiger partial charge is 0.465 e. The minimum atomic E-state index is -4.11. The maximum atomic E-state index is 13.5. The monoisotopic (exact) mass is 575 g/mol. The number of aryl methyl sites for hydroxylation is 1. The van der Waals surface area contributed by atoms with Gasteiger partial charge in [-0.15, -0.1) is 0 Å². The Bertz CT molecular complexity index is 1180. The van der Waals surface area contributed by atoms with Gasteiger partial charge in [0.2, 0.25) is 0 Å². The number of rotatable bonds is 11. The smallest absolute Gasteiger partial charge is 0.459 e. The second-order valence-electron chi connectivity index (χ2n) is 7.69. The van der Waals surface area contributed by atoms with Gasteiger partial charge in [0.05, 0.1) is 13.2 Å². The molecule has 2 heterocycles. The summed E-state index contributed by atoms with van der Waals surface area (Å²) in [7, 11) is -4.11. The number of esters is 1. The highest BCUT2D eigenvalue weighted by atomic mass is 79.9. The lowest BCUT2D eigenvalue weighted by Gasteiger charge is -2.24. The Balaban J connectivity index is 1.69. The lowest BCUT2D eigenvalue weighted by molar-refractivity contribution is -0.145. The zero-order valence-corrected chi connectivity index (χ0v) is 21.9. The molecule has 1 fully saturated rings. The van der Waals surface area contributed by atoms with E-state index in [1.807, 2.05) is 6.92 Å². The van der Waals surface area contributed by atoms with Crippen LogP contribution in [0.4, 0.5) is 0 Å². The zero-order chi connectivity index (χ0) is 25.6. The summed E-state index contributed by atoms with van der Waals surface area (Å²) >= 11 is 3.31. The first-order valence-corrected chi connectivity index (χ1v) is 13.2. The minimum Gasteiger partial charge on any atom is -0.465 e. The van der Waals surface area contributed by atoms with Gasteiger partial charge < -0.3 is 18.7 Å². The number of nitrogens with zero attached hydrogens (tertiary/aromatic N) is 1. The van der Waals surface area contributed by atoms with Gasteiger partial charge >= 0.3 is 19.4 Å². The van der Waals surface area contributed by atoms with Crippen molar-refractivity contribution in [1.82, 2.24) is 14.6 Å². The van der Waals surface area contributed by atoms with E-state index in [1.54, 1.807) is 31.2 Å². The molecule has 2 unspecified atom stereocenters. The van der Waals surface area contributed by atoms with Crippen LogP contribution in [-0.4, -0.2) is 47.7 Å². The molecule has 35 heavy (non-hydrogen) atoms. The van der Waals surface area contributed by atoms with Crippen molar-refractivity contribution in [3.63, 3.8) is 0 Å². The van der Waals surface area contributed by atoms with E-state index in [4.69, 9.17) is 23.3 Å². The maximum absolute atomic E-state index is 13.5. The summed E-state index contributed by atoms with van der Waals surface area (Å²) in [5, 5.41) is 2.57. The molecule has 0 aliphatic carbocycles. The number of aromatic nitrogens is 2. The van der Waals surface area contributed by atoms with E-state index in [0.717, 1.165) is 4.47 Å². The number of ether oxygens (including phenoxy) is 3. The normalized spacial score (nSPS) is 20.2. The van der Waals surface area contributed by atoms with Crippen LogP contribution < -0.4 is 20.9 Å². The molecule has 1 aromatic carbocycles. The van der Waals surface area contributed by atoms with Gasteiger partial charge in [0, 0.05) is 16.2 Å². The maximum Gasteiger partial charge on any atom is 0.459 e. The number of aromatic amines is 1. The van der Waals surface area contributed by atoms with E-state index in [1.165, 1.54) is 17.7 Å². The van der Waals surface area contributed by atoms with Gasteiger partial charge in [0.15, 0.2) is 12.5 Å². The molecule has 0 bridgehead atoms. The van der Waals surface area contributed by atoms with Crippen molar-refractivity contribution < 1.29 is 32.6 Å². The fourth-order valence-corrected chi connectivity index (χ4v) is 4.72. The van der Waals surface area contributed by atoms with Crippen molar-refractivity contribution in [1.29, 1.82) is 0 Å². The van der Waals surface area contributed by atoms with Crippen LogP contribution in [-0.2, 0) is 28.1 Å². The van der Waals surface area contributed by atoms with Crippen LogP contribution in [0.1, 0.15) is 32.1 Å². The van der Waals surface area contributed by atoms with E-state index in [0.29, 0.717) is 12.0 Å². The van der Waals surface area contributed by atoms with Crippen LogP contribution in [0.2, 0.25) is 0 Å². The average Bonchev–Trinajstić information content (AvgIpc) is 3.29. The molecule has 14 heteroatoms. The highest BCUT2D eigenvalue weighted by Gasteiger charge is 2.36. The predicted molar refractivity (Wildman–Crippen MR) is 128 cm³/mol. The summed E-state index contributed by atoms with van der Waals surface area (Å²) in [5.41, 5.74) is -0.816. The summed E-state index contributed by atoms with van der Waals surface area (Å²) in [6.45, 7) is 4.75. The molecule has 1 saturated heterocycles. The molecule has 0 spiro atoms. The number of H-pyrrole nitrogens is 1. The van der Waals surface area contributed by atoms with Gasteiger partial charge in [0.25, 0.3) is 5.56 Å². The van der Waals surface area contributed by atoms with Gasteiger partial charge in [-0.25, -0.2) is 9.36 Å². The highest BCUT2D eigenvalue weighted by Crippen LogP contribution is 2.45. The second-order valence-corrected chi connectivity index (χ2v) is 10.3. The van der Waals surface area contributed by atoms with E-state index in [-0.39, 0.29) is 25.6 Å². The second kappa shape index (κ2) is 12.1. The van der Waals surface area contributed by atoms with Crippen LogP contribution in [0, 0.1) is 6.92 Å². The Morgan fingerprint density at radius 3 is 2.74 bits per heavy atom. The fraction of sp³-hybridized carbons (Fsp3) is 0.476. The van der Waals surface area contributed by atoms with Crippen LogP contribution in [0.5, 0.6) is 5.75 Å². The number of halogens is 1. The summed E-state index contributed by atoms with van der Waals surface area (Å²) in [4.78, 5) is 38.1. The third kappa shape index (κ3) is 7.60. The van der Waals surface area contributed by atoms with Gasteiger partial charge in [-0.3, -0.25) is 23.7 Å². The standard InChI is InChI=1S/C21H27BrN3O9P/c1-4-9-30-20(27)14(3)24-35(29,34-16-7-5-15(22)6-8-16)32-12-18-31-11-17(33-18)25-10-13(2)19(26)23-21(25)28/h5-8,10,14,17-18H,4,9,11-12H2,1-3H3,(H,24,29)(H,23,26,28)/t14?,17-,18-,35?/m1/s1. The minimum absolute atomic E-state index is 0.00946. The number of benzene rings is 1. The third-order valence-electron chi connectivity index (χ3n) is 4.76. The van der Waals surface area contributed by atoms with E-state index >= 15 is 0 Å². The number of hydrogen-bond acceptors (Lipinski definition) is 9. The van der Waals surface area contributed by atoms with E-state index < -0.39 is 43.5 Å². The van der Waals surface area contributed by atoms with Gasteiger partial charge in [-0.05, 0) is 44.5 Å². The first kappa shape index (κ1) is 27.3. The summed E-state index contributed by atoms with van der Waals surface area (Å²) < 4.78 is 42.9. The molecule has 12 nitrogen and oxygen atoms in total. The molecule has 192 valence electrons. The van der Waals surface area contributed by atoms with Crippen molar-refractivity contribution in [2.75, 3.05) is 19.8 Å². The molecule has 4 atom stereocenters. The number of carbonyl (C=O) groups is 1. The van der Waals surface area contributed by atoms with Crippen molar-refractivity contribution in [2.24, 2.45) is 0 Å². The van der Waals surface area contributed by atoms with Crippen molar-refractivity contribution >= 4 is 29.6 Å². The number of hydrogen-bond donors (Lipinski definition) is 2. The SMILES string of the molecule is CCCOC(=O)C(C)NP(=O)(OC[C@@H]1OC[C@H](n2cc(C)c(=O)[nH]c2=O)O1)Oc1ccc(Br)cc1. The van der Waals surface area contributed by atoms with Crippen molar-refractivity contribution in [3.8, 4) is 5.75 Å². The molecule has 2 N–H and O–H groups in total. The molecule has 0 amide bonds. The lowest BCUT2D eigenvalue weighted by Crippen LogP contribution is -2.36. The Hall–Kier alpha value is -2.28. The Labute approximate surface area is 209 Å². The Morgan fingerprint density at radius 2 is 2.06 bits per heavy atom. The van der Waals surface area contributed by atoms with Crippen LogP contribution in [0.15, 0.2) is 44.5 Å². The molecule has 1 aliphatic rings. The molecule has 1 aliphatic heterocycles. The molecule has 3 rings (SSSR count). The third-order valence-corrected chi connectivity index (χ3v) is 6.94. The Kier molecular flexibility index (Phi) is 9.45. The molecule has 1 aromatic heterocycles. The topological polar surface area (TPSA) is 147 Å². The van der Waals surface area contributed by atoms with E-state index in [2.05, 4.69) is 26.0 Å². The van der Waals surface area contributed by atoms with Crippen LogP contribution in [0.3, 0.4) is 0 Å². The molecule has 2 aromatic rings. The van der Waals surface area contributed by atoms with Crippen molar-refractivity contribution in [3.05, 3.63) is 61.3 Å². The predicted octanol–water partition coefficient (Wildman–Crippen LogP) is 2.61. The number of nitrogens with one attached hydrogen (secondary N) is 2. The van der Waals surface area contributed by atoms with Crippen molar-refractivity contribution in [2.45, 2.75) is 45.8 Å². The fourth-order valence-electron chi connectivity index (χ4n) is 2.98. The van der Waals surface area contributed by atoms with Gasteiger partial charge in [0.1, 0.15) is 18.4 Å². The summed E-state index contributed by atoms with van der Waals surface area (Å²) in [6, 6.07) is 5.53. The molecule has 0 radical (unpaired) electrons. The van der Waals surface area contributed by atoms with Crippen LogP contribution >= 0.6 is 23.7 Å². The Morgan fingerprint density at radius 1 is 1.34 bits per heavy atom. The first-order valence-electron chi connectivity index (χ1n) is 10.8. The molecular weight excluding hydrogens is 549 g/mol. The van der Waals surface area contributed by atoms with Crippen LogP contribution in [0.25, 0.3) is 0 Å². The van der Waals surface area contributed by atoms with Gasteiger partial charge in [-0.2, -0.15) is 5.09 Å². The molecule has 0 saturated carbocycles. The first-order chi connectivity index (χ1) is 16.6. The average molecular weight is 576 g/mol. The summed E-state index contributed by atoms with van der Waals surface area (Å²) in [5.74, 6) is -0.379. The number of carbonyl (C=O) groups excluding carboxylic acids is 1. The highest BCUT2D eigenvalue weighted by molar-refractivity contribution is 9.10. The van der Waals surface area contributed by atoms with E-state index in [9.17, 15) is 18.9 Å². The quantitative estimate of drug-likeness (QED) is 0.302. The van der Waals surface area contributed by atoms with Gasteiger partial charge in [-0.1, -0.05) is 22.9 Å². The molecular formula is C21H27BrN3O9P.